The van der Waals surface area contributed by atoms with Gasteiger partial charge in [-0.2, -0.15) is 0 Å². The van der Waals surface area contributed by atoms with Gasteiger partial charge in [0.2, 0.25) is 0 Å². The quantitative estimate of drug-likeness (QED) is 0.900. The molecule has 21 heavy (non-hydrogen) atoms. The molecule has 0 saturated carbocycles. The fourth-order valence-corrected chi connectivity index (χ4v) is 3.06. The van der Waals surface area contributed by atoms with Crippen molar-refractivity contribution in [3.8, 4) is 0 Å². The van der Waals surface area contributed by atoms with E-state index in [-0.39, 0.29) is 5.91 Å². The number of nitrogens with zero attached hydrogens (tertiary/aromatic N) is 1. The van der Waals surface area contributed by atoms with Crippen LogP contribution in [-0.2, 0) is 0 Å². The largest absolute Gasteiger partial charge is 0.371 e. The second-order valence-corrected chi connectivity index (χ2v) is 6.03. The van der Waals surface area contributed by atoms with Crippen LogP contribution >= 0.6 is 15.9 Å². The van der Waals surface area contributed by atoms with Crippen LogP contribution in [0.4, 0.5) is 11.4 Å². The standard InChI is InChI=1S/C17H17BrN2O/c18-16-9-2-1-8-15(16)17(21)19-13-6-5-7-14(12-13)20-10-3-4-11-20/h1-2,5-9,12H,3-4,10-11H2,(H,19,21). The first kappa shape index (κ1) is 14.1. The molecule has 1 fully saturated rings. The smallest absolute Gasteiger partial charge is 0.256 e. The first-order chi connectivity index (χ1) is 10.2. The summed E-state index contributed by atoms with van der Waals surface area (Å²) in [6.45, 7) is 2.20. The lowest BCUT2D eigenvalue weighted by molar-refractivity contribution is 0.102. The molecule has 1 heterocycles. The van der Waals surface area contributed by atoms with Crippen molar-refractivity contribution >= 4 is 33.2 Å². The van der Waals surface area contributed by atoms with Gasteiger partial charge >= 0.3 is 0 Å². The lowest BCUT2D eigenvalue weighted by atomic mass is 10.2. The highest BCUT2D eigenvalue weighted by Crippen LogP contribution is 2.24. The number of nitrogens with one attached hydrogen (secondary N) is 1. The minimum Gasteiger partial charge on any atom is -0.371 e. The summed E-state index contributed by atoms with van der Waals surface area (Å²) in [6.07, 6.45) is 2.49. The molecule has 1 aliphatic heterocycles. The molecule has 3 rings (SSSR count). The minimum absolute atomic E-state index is 0.0963. The molecule has 1 aliphatic rings. The average Bonchev–Trinajstić information content (AvgIpc) is 3.02. The predicted octanol–water partition coefficient (Wildman–Crippen LogP) is 4.30. The van der Waals surface area contributed by atoms with Crippen LogP contribution < -0.4 is 10.2 Å². The Kier molecular flexibility index (Phi) is 4.25. The van der Waals surface area contributed by atoms with Gasteiger partial charge in [-0.1, -0.05) is 18.2 Å². The van der Waals surface area contributed by atoms with Gasteiger partial charge in [0.15, 0.2) is 0 Å². The first-order valence-corrected chi connectivity index (χ1v) is 7.94. The highest BCUT2D eigenvalue weighted by molar-refractivity contribution is 9.10. The Morgan fingerprint density at radius 3 is 2.57 bits per heavy atom. The molecule has 0 aliphatic carbocycles. The Morgan fingerprint density at radius 1 is 1.05 bits per heavy atom. The molecule has 0 aromatic heterocycles. The van der Waals surface area contributed by atoms with Crippen molar-refractivity contribution in [1.82, 2.24) is 0 Å². The Labute approximate surface area is 133 Å². The zero-order chi connectivity index (χ0) is 14.7. The summed E-state index contributed by atoms with van der Waals surface area (Å²) < 4.78 is 0.804. The van der Waals surface area contributed by atoms with E-state index in [0.717, 1.165) is 23.2 Å². The fraction of sp³-hybridized carbons (Fsp3) is 0.235. The van der Waals surface area contributed by atoms with Crippen LogP contribution in [-0.4, -0.2) is 19.0 Å². The molecule has 0 unspecified atom stereocenters. The number of rotatable bonds is 3. The maximum absolute atomic E-state index is 12.3. The molecule has 3 nitrogen and oxygen atoms in total. The van der Waals surface area contributed by atoms with Crippen molar-refractivity contribution in [3.63, 3.8) is 0 Å². The van der Waals surface area contributed by atoms with E-state index in [1.807, 2.05) is 42.5 Å². The highest BCUT2D eigenvalue weighted by atomic mass is 79.9. The van der Waals surface area contributed by atoms with Gasteiger partial charge in [0.05, 0.1) is 5.56 Å². The number of carbonyl (C=O) groups is 1. The van der Waals surface area contributed by atoms with E-state index in [9.17, 15) is 4.79 Å². The summed E-state index contributed by atoms with van der Waals surface area (Å²) in [7, 11) is 0. The molecule has 1 amide bonds. The molecule has 0 bridgehead atoms. The van der Waals surface area contributed by atoms with Crippen molar-refractivity contribution in [3.05, 3.63) is 58.6 Å². The first-order valence-electron chi connectivity index (χ1n) is 7.15. The van der Waals surface area contributed by atoms with E-state index in [1.54, 1.807) is 0 Å². The van der Waals surface area contributed by atoms with E-state index in [0.29, 0.717) is 5.56 Å². The van der Waals surface area contributed by atoms with Crippen LogP contribution in [0.1, 0.15) is 23.2 Å². The van der Waals surface area contributed by atoms with Crippen molar-refractivity contribution in [1.29, 1.82) is 0 Å². The van der Waals surface area contributed by atoms with Gasteiger partial charge in [-0.15, -0.1) is 0 Å². The van der Waals surface area contributed by atoms with Gasteiger partial charge in [-0.3, -0.25) is 4.79 Å². The third kappa shape index (κ3) is 3.27. The second kappa shape index (κ2) is 6.31. The molecule has 0 radical (unpaired) electrons. The minimum atomic E-state index is -0.0963. The number of hydrogen-bond donors (Lipinski definition) is 1. The van der Waals surface area contributed by atoms with Crippen LogP contribution in [0.25, 0.3) is 0 Å². The number of anilines is 2. The molecular weight excluding hydrogens is 328 g/mol. The van der Waals surface area contributed by atoms with Crippen molar-refractivity contribution in [2.24, 2.45) is 0 Å². The van der Waals surface area contributed by atoms with Crippen molar-refractivity contribution < 1.29 is 4.79 Å². The third-order valence-electron chi connectivity index (χ3n) is 3.69. The molecule has 0 spiro atoms. The Bertz CT molecular complexity index is 651. The summed E-state index contributed by atoms with van der Waals surface area (Å²) in [6, 6.07) is 15.5. The fourth-order valence-electron chi connectivity index (χ4n) is 2.60. The number of carbonyl (C=O) groups excluding carboxylic acids is 1. The molecule has 0 atom stereocenters. The maximum atomic E-state index is 12.3. The van der Waals surface area contributed by atoms with E-state index in [2.05, 4.69) is 32.2 Å². The van der Waals surface area contributed by atoms with Crippen LogP contribution in [0.15, 0.2) is 53.0 Å². The predicted molar refractivity (Wildman–Crippen MR) is 90.0 cm³/mol. The zero-order valence-corrected chi connectivity index (χ0v) is 13.3. The summed E-state index contributed by atoms with van der Waals surface area (Å²) in [4.78, 5) is 14.7. The Morgan fingerprint density at radius 2 is 1.81 bits per heavy atom. The van der Waals surface area contributed by atoms with Crippen molar-refractivity contribution in [2.75, 3.05) is 23.3 Å². The third-order valence-corrected chi connectivity index (χ3v) is 4.39. The molecule has 1 N–H and O–H groups in total. The van der Waals surface area contributed by atoms with Crippen LogP contribution in [0.5, 0.6) is 0 Å². The number of amides is 1. The topological polar surface area (TPSA) is 32.3 Å². The lowest BCUT2D eigenvalue weighted by Crippen LogP contribution is -2.18. The summed E-state index contributed by atoms with van der Waals surface area (Å²) in [5.41, 5.74) is 2.65. The highest BCUT2D eigenvalue weighted by Gasteiger charge is 2.14. The Hall–Kier alpha value is -1.81. The van der Waals surface area contributed by atoms with Crippen molar-refractivity contribution in [2.45, 2.75) is 12.8 Å². The van der Waals surface area contributed by atoms with Gasteiger partial charge < -0.3 is 10.2 Å². The zero-order valence-electron chi connectivity index (χ0n) is 11.7. The van der Waals surface area contributed by atoms with Gasteiger partial charge in [-0.25, -0.2) is 0 Å². The average molecular weight is 345 g/mol. The van der Waals surface area contributed by atoms with E-state index >= 15 is 0 Å². The molecule has 2 aromatic carbocycles. The summed E-state index contributed by atoms with van der Waals surface area (Å²) in [5.74, 6) is -0.0963. The SMILES string of the molecule is O=C(Nc1cccc(N2CCCC2)c1)c1ccccc1Br. The van der Waals surface area contributed by atoms with Crippen LogP contribution in [0.2, 0.25) is 0 Å². The maximum Gasteiger partial charge on any atom is 0.256 e. The Balaban J connectivity index is 1.77. The summed E-state index contributed by atoms with van der Waals surface area (Å²) in [5, 5.41) is 2.97. The molecule has 1 saturated heterocycles. The number of halogens is 1. The number of benzene rings is 2. The van der Waals surface area contributed by atoms with Gasteiger partial charge in [0, 0.05) is 28.9 Å². The van der Waals surface area contributed by atoms with Gasteiger partial charge in [0.1, 0.15) is 0 Å². The molecular formula is C17H17BrN2O. The van der Waals surface area contributed by atoms with Gasteiger partial charge in [0.25, 0.3) is 5.91 Å². The lowest BCUT2D eigenvalue weighted by Gasteiger charge is -2.18. The number of hydrogen-bond acceptors (Lipinski definition) is 2. The van der Waals surface area contributed by atoms with Crippen LogP contribution in [0.3, 0.4) is 0 Å². The molecule has 4 heteroatoms. The summed E-state index contributed by atoms with van der Waals surface area (Å²) >= 11 is 3.41. The normalized spacial score (nSPS) is 14.2. The monoisotopic (exact) mass is 344 g/mol. The van der Waals surface area contributed by atoms with Gasteiger partial charge in [-0.05, 0) is 59.1 Å². The van der Waals surface area contributed by atoms with E-state index < -0.39 is 0 Å². The second-order valence-electron chi connectivity index (χ2n) is 5.18. The van der Waals surface area contributed by atoms with E-state index in [4.69, 9.17) is 0 Å². The van der Waals surface area contributed by atoms with E-state index in [1.165, 1.54) is 18.5 Å². The van der Waals surface area contributed by atoms with Crippen LogP contribution in [0, 0.1) is 0 Å². The molecule has 108 valence electrons. The molecule has 2 aromatic rings.